The number of halogens is 3. The highest BCUT2D eigenvalue weighted by Crippen LogP contribution is 2.28. The molecule has 0 bridgehead atoms. The zero-order chi connectivity index (χ0) is 19.1. The van der Waals surface area contributed by atoms with Crippen molar-refractivity contribution in [3.63, 3.8) is 0 Å². The van der Waals surface area contributed by atoms with E-state index in [0.717, 1.165) is 0 Å². The van der Waals surface area contributed by atoms with Crippen molar-refractivity contribution in [2.75, 3.05) is 26.3 Å². The number of hydrogen-bond donors (Lipinski definition) is 6. The minimum Gasteiger partial charge on any atom is -0.394 e. The minimum absolute atomic E-state index is 0.113. The van der Waals surface area contributed by atoms with E-state index in [2.05, 4.69) is 10.6 Å². The monoisotopic (exact) mass is 690 g/mol. The Morgan fingerprint density at radius 1 is 0.920 bits per heavy atom. The van der Waals surface area contributed by atoms with Gasteiger partial charge in [0.1, 0.15) is 0 Å². The average molecular weight is 690 g/mol. The first-order valence-electron chi connectivity index (χ1n) is 7.04. The molecule has 2 unspecified atom stereocenters. The summed E-state index contributed by atoms with van der Waals surface area (Å²) < 4.78 is 1.78. The van der Waals surface area contributed by atoms with E-state index < -0.39 is 37.2 Å². The van der Waals surface area contributed by atoms with Gasteiger partial charge in [-0.25, -0.2) is 0 Å². The molecular weight excluding hydrogens is 673 g/mol. The summed E-state index contributed by atoms with van der Waals surface area (Å²) in [5.41, 5.74) is 0.564. The van der Waals surface area contributed by atoms with Crippen LogP contribution in [-0.2, 0) is 0 Å². The fraction of sp³-hybridized carbons (Fsp3) is 0.429. The van der Waals surface area contributed by atoms with Crippen molar-refractivity contribution in [2.45, 2.75) is 12.2 Å². The molecule has 1 aromatic carbocycles. The van der Waals surface area contributed by atoms with Gasteiger partial charge in [-0.15, -0.1) is 0 Å². The van der Waals surface area contributed by atoms with Crippen LogP contribution in [0.25, 0.3) is 0 Å². The topological polar surface area (TPSA) is 139 Å². The van der Waals surface area contributed by atoms with Gasteiger partial charge in [-0.3, -0.25) is 9.59 Å². The number of aliphatic hydroxyl groups excluding tert-OH is 4. The van der Waals surface area contributed by atoms with Crippen LogP contribution in [0.5, 0.6) is 0 Å². The quantitative estimate of drug-likeness (QED) is 0.163. The first kappa shape index (κ1) is 23.2. The molecule has 0 aliphatic rings. The Bertz CT molecular complexity index is 643. The van der Waals surface area contributed by atoms with Gasteiger partial charge < -0.3 is 31.1 Å². The van der Waals surface area contributed by atoms with Gasteiger partial charge in [0.2, 0.25) is 0 Å². The summed E-state index contributed by atoms with van der Waals surface area (Å²) >= 11 is 5.90. The van der Waals surface area contributed by atoms with E-state index >= 15 is 0 Å². The van der Waals surface area contributed by atoms with Crippen LogP contribution in [0.4, 0.5) is 0 Å². The average Bonchev–Trinajstić information content (AvgIpc) is 2.60. The van der Waals surface area contributed by atoms with Crippen molar-refractivity contribution in [2.24, 2.45) is 0 Å². The number of hydrogen-bond acceptors (Lipinski definition) is 6. The summed E-state index contributed by atoms with van der Waals surface area (Å²) in [4.78, 5) is 24.7. The van der Waals surface area contributed by atoms with Crippen molar-refractivity contribution in [3.05, 3.63) is 27.9 Å². The second kappa shape index (κ2) is 11.1. The van der Waals surface area contributed by atoms with E-state index in [1.54, 1.807) is 6.07 Å². The van der Waals surface area contributed by atoms with Gasteiger partial charge in [-0.05, 0) is 73.8 Å². The Morgan fingerprint density at radius 3 is 1.88 bits per heavy atom. The van der Waals surface area contributed by atoms with Crippen LogP contribution < -0.4 is 10.6 Å². The molecule has 0 saturated carbocycles. The molecule has 0 aromatic heterocycles. The maximum Gasteiger partial charge on any atom is 0.253 e. The fourth-order valence-corrected chi connectivity index (χ4v) is 4.38. The first-order valence-corrected chi connectivity index (χ1v) is 10.3. The Morgan fingerprint density at radius 2 is 1.40 bits per heavy atom. The third kappa shape index (κ3) is 6.69. The zero-order valence-corrected chi connectivity index (χ0v) is 19.3. The lowest BCUT2D eigenvalue weighted by atomic mass is 10.1. The number of rotatable bonds is 8. The maximum absolute atomic E-state index is 12.4. The molecule has 1 aromatic rings. The molecule has 0 heterocycles. The van der Waals surface area contributed by atoms with Gasteiger partial charge in [-0.2, -0.15) is 0 Å². The molecular formula is C14H17I3N2O6. The smallest absolute Gasteiger partial charge is 0.253 e. The molecule has 25 heavy (non-hydrogen) atoms. The molecule has 0 fully saturated rings. The molecule has 2 atom stereocenters. The molecule has 0 aliphatic carbocycles. The van der Waals surface area contributed by atoms with Crippen LogP contribution in [-0.4, -0.2) is 70.8 Å². The molecule has 8 nitrogen and oxygen atoms in total. The molecule has 2 amide bonds. The van der Waals surface area contributed by atoms with Crippen molar-refractivity contribution in [3.8, 4) is 0 Å². The second-order valence-corrected chi connectivity index (χ2v) is 8.32. The Labute approximate surface area is 185 Å². The second-order valence-electron chi connectivity index (χ2n) is 5.00. The third-order valence-corrected chi connectivity index (χ3v) is 7.17. The lowest BCUT2D eigenvalue weighted by molar-refractivity contribution is 0.0798. The van der Waals surface area contributed by atoms with Gasteiger partial charge >= 0.3 is 0 Å². The van der Waals surface area contributed by atoms with E-state index in [9.17, 15) is 19.8 Å². The Kier molecular flexibility index (Phi) is 10.3. The van der Waals surface area contributed by atoms with Crippen molar-refractivity contribution < 1.29 is 30.0 Å². The number of benzene rings is 1. The normalized spacial score (nSPS) is 13.2. The molecule has 6 N–H and O–H groups in total. The molecule has 0 saturated heterocycles. The number of amides is 2. The van der Waals surface area contributed by atoms with E-state index in [1.807, 2.05) is 67.8 Å². The predicted octanol–water partition coefficient (Wildman–Crippen LogP) is -0.334. The zero-order valence-electron chi connectivity index (χ0n) is 12.8. The molecule has 0 radical (unpaired) electrons. The Hall–Kier alpha value is 0.190. The fourth-order valence-electron chi connectivity index (χ4n) is 1.70. The summed E-state index contributed by atoms with van der Waals surface area (Å²) in [6, 6.07) is 1.63. The van der Waals surface area contributed by atoms with Crippen molar-refractivity contribution in [1.29, 1.82) is 0 Å². The lowest BCUT2D eigenvalue weighted by Crippen LogP contribution is -2.36. The van der Waals surface area contributed by atoms with E-state index in [-0.39, 0.29) is 18.7 Å². The largest absolute Gasteiger partial charge is 0.394 e. The van der Waals surface area contributed by atoms with Crippen LogP contribution in [0.1, 0.15) is 20.7 Å². The van der Waals surface area contributed by atoms with E-state index in [4.69, 9.17) is 10.2 Å². The Balaban J connectivity index is 3.08. The number of carbonyl (C=O) groups is 2. The SMILES string of the molecule is O=C(NCC(O)CO)c1cc(I)c(I)c(C(=O)NCC(O)CO)c1I. The molecule has 0 spiro atoms. The summed E-state index contributed by atoms with van der Waals surface area (Å²) in [6.45, 7) is -1.17. The van der Waals surface area contributed by atoms with Gasteiger partial charge in [-0.1, -0.05) is 0 Å². The molecule has 0 aliphatic heterocycles. The van der Waals surface area contributed by atoms with E-state index in [1.165, 1.54) is 0 Å². The van der Waals surface area contributed by atoms with Gasteiger partial charge in [0.15, 0.2) is 0 Å². The van der Waals surface area contributed by atoms with Crippen LogP contribution in [0.2, 0.25) is 0 Å². The number of aliphatic hydroxyl groups is 4. The highest BCUT2D eigenvalue weighted by Gasteiger charge is 2.23. The van der Waals surface area contributed by atoms with Crippen LogP contribution in [0, 0.1) is 10.7 Å². The van der Waals surface area contributed by atoms with Crippen molar-refractivity contribution >= 4 is 79.6 Å². The van der Waals surface area contributed by atoms with Gasteiger partial charge in [0.25, 0.3) is 11.8 Å². The number of carbonyl (C=O) groups excluding carboxylic acids is 2. The summed E-state index contributed by atoms with van der Waals surface area (Å²) in [6.07, 6.45) is -2.13. The molecule has 140 valence electrons. The summed E-state index contributed by atoms with van der Waals surface area (Å²) in [5.74, 6) is -0.945. The molecule has 1 rings (SSSR count). The van der Waals surface area contributed by atoms with Gasteiger partial charge in [0.05, 0.1) is 36.5 Å². The van der Waals surface area contributed by atoms with Crippen molar-refractivity contribution in [1.82, 2.24) is 10.6 Å². The summed E-state index contributed by atoms with van der Waals surface area (Å²) in [7, 11) is 0. The van der Waals surface area contributed by atoms with Gasteiger partial charge in [0, 0.05) is 23.8 Å². The minimum atomic E-state index is -1.07. The first-order chi connectivity index (χ1) is 11.7. The van der Waals surface area contributed by atoms with E-state index in [0.29, 0.717) is 16.3 Å². The van der Waals surface area contributed by atoms with Crippen LogP contribution >= 0.6 is 67.8 Å². The van der Waals surface area contributed by atoms with Crippen LogP contribution in [0.15, 0.2) is 6.07 Å². The highest BCUT2D eigenvalue weighted by molar-refractivity contribution is 14.1. The predicted molar refractivity (Wildman–Crippen MR) is 115 cm³/mol. The summed E-state index contributed by atoms with van der Waals surface area (Å²) in [5, 5.41) is 41.3. The lowest BCUT2D eigenvalue weighted by Gasteiger charge is -2.16. The standard InChI is InChI=1S/C14H17I3N2O6/c15-9-1-8(13(24)18-2-6(22)4-20)11(16)10(12(9)17)14(25)19-3-7(23)5-21/h1,6-7,20-23H,2-5H2,(H,18,24)(H,19,25). The molecule has 11 heteroatoms. The highest BCUT2D eigenvalue weighted by atomic mass is 127. The number of nitrogens with one attached hydrogen (secondary N) is 2. The maximum atomic E-state index is 12.4. The van der Waals surface area contributed by atoms with Crippen LogP contribution in [0.3, 0.4) is 0 Å². The third-order valence-electron chi connectivity index (χ3n) is 3.05.